The van der Waals surface area contributed by atoms with Crippen molar-refractivity contribution < 1.29 is 0 Å². The lowest BCUT2D eigenvalue weighted by atomic mass is 9.96. The highest BCUT2D eigenvalue weighted by molar-refractivity contribution is 7.25. The summed E-state index contributed by atoms with van der Waals surface area (Å²) in [5.41, 5.74) is 14.9. The van der Waals surface area contributed by atoms with E-state index in [9.17, 15) is 0 Å². The first kappa shape index (κ1) is 33.9. The fourth-order valence-electron chi connectivity index (χ4n) is 10.3. The molecule has 0 fully saturated rings. The van der Waals surface area contributed by atoms with Gasteiger partial charge in [-0.3, -0.25) is 4.57 Å². The Hall–Kier alpha value is -7.92. The van der Waals surface area contributed by atoms with E-state index in [4.69, 9.17) is 9.97 Å². The van der Waals surface area contributed by atoms with Gasteiger partial charge in [0.15, 0.2) is 0 Å². The topological polar surface area (TPSA) is 30.7 Å². The van der Waals surface area contributed by atoms with Crippen LogP contribution in [-0.2, 0) is 0 Å². The monoisotopic (exact) mass is 803 g/mol. The molecule has 0 amide bonds. The van der Waals surface area contributed by atoms with Crippen LogP contribution in [0.2, 0.25) is 0 Å². The normalized spacial score (nSPS) is 12.2. The van der Waals surface area contributed by atoms with E-state index in [0.717, 1.165) is 38.6 Å². The van der Waals surface area contributed by atoms with Crippen LogP contribution in [0.15, 0.2) is 200 Å². The van der Waals surface area contributed by atoms with Gasteiger partial charge in [-0.1, -0.05) is 158 Å². The summed E-state index contributed by atoms with van der Waals surface area (Å²) in [6.07, 6.45) is 0. The van der Waals surface area contributed by atoms with Gasteiger partial charge in [0.1, 0.15) is 0 Å². The Morgan fingerprint density at radius 3 is 1.85 bits per heavy atom. The average Bonchev–Trinajstić information content (AvgIpc) is 3.99. The molecule has 0 atom stereocenters. The maximum atomic E-state index is 5.65. The zero-order valence-electron chi connectivity index (χ0n) is 33.3. The zero-order valence-corrected chi connectivity index (χ0v) is 34.1. The Morgan fingerprint density at radius 2 is 0.984 bits per heavy atom. The molecule has 0 saturated heterocycles. The molecule has 4 heteroatoms. The van der Waals surface area contributed by atoms with Crippen molar-refractivity contribution in [2.45, 2.75) is 0 Å². The first-order chi connectivity index (χ1) is 30.7. The van der Waals surface area contributed by atoms with E-state index < -0.39 is 0 Å². The van der Waals surface area contributed by atoms with Crippen molar-refractivity contribution in [2.24, 2.45) is 0 Å². The highest BCUT2D eigenvalue weighted by atomic mass is 32.1. The van der Waals surface area contributed by atoms with E-state index in [0.29, 0.717) is 5.95 Å². The van der Waals surface area contributed by atoms with E-state index in [1.807, 2.05) is 11.3 Å². The van der Waals surface area contributed by atoms with Crippen molar-refractivity contribution in [3.63, 3.8) is 0 Å². The summed E-state index contributed by atoms with van der Waals surface area (Å²) in [6.45, 7) is 0. The van der Waals surface area contributed by atoms with Crippen LogP contribution in [0.1, 0.15) is 0 Å². The van der Waals surface area contributed by atoms with E-state index in [1.165, 1.54) is 91.6 Å². The second kappa shape index (κ2) is 12.8. The van der Waals surface area contributed by atoms with Gasteiger partial charge >= 0.3 is 0 Å². The molecule has 0 bridgehead atoms. The molecule has 3 nitrogen and oxygen atoms in total. The Kier molecular flexibility index (Phi) is 6.99. The molecule has 0 unspecified atom stereocenters. The number of rotatable bonds is 4. The van der Waals surface area contributed by atoms with Crippen LogP contribution in [0.4, 0.5) is 0 Å². The number of benzene rings is 10. The fourth-order valence-corrected chi connectivity index (χ4v) is 11.4. The molecular weight excluding hydrogens is 771 g/mol. The fraction of sp³-hybridized carbons (Fsp3) is 0. The molecule has 3 heterocycles. The van der Waals surface area contributed by atoms with Crippen molar-refractivity contribution in [3.8, 4) is 61.7 Å². The Labute approximate surface area is 360 Å². The third kappa shape index (κ3) is 4.81. The molecule has 13 aromatic rings. The van der Waals surface area contributed by atoms with E-state index >= 15 is 0 Å². The van der Waals surface area contributed by atoms with Crippen LogP contribution in [0.5, 0.6) is 0 Å². The Balaban J connectivity index is 1.07. The lowest BCUT2D eigenvalue weighted by Crippen LogP contribution is -2.04. The van der Waals surface area contributed by atoms with Gasteiger partial charge in [0.25, 0.3) is 0 Å². The molecule has 0 saturated carbocycles. The Bertz CT molecular complexity index is 4030. The smallest absolute Gasteiger partial charge is 0.235 e. The number of fused-ring (bicyclic) bond motifs is 13. The maximum Gasteiger partial charge on any atom is 0.235 e. The van der Waals surface area contributed by atoms with E-state index in [1.54, 1.807) is 0 Å². The van der Waals surface area contributed by atoms with Crippen molar-refractivity contribution >= 4 is 85.8 Å². The molecule has 3 aromatic heterocycles. The van der Waals surface area contributed by atoms with Crippen LogP contribution in [-0.4, -0.2) is 14.5 Å². The van der Waals surface area contributed by atoms with Crippen molar-refractivity contribution in [2.75, 3.05) is 0 Å². The van der Waals surface area contributed by atoms with Crippen molar-refractivity contribution in [3.05, 3.63) is 200 Å². The quantitative estimate of drug-likeness (QED) is 0.166. The molecule has 0 aliphatic heterocycles. The molecule has 10 aromatic carbocycles. The van der Waals surface area contributed by atoms with Gasteiger partial charge in [-0.25, -0.2) is 9.97 Å². The van der Waals surface area contributed by atoms with E-state index in [-0.39, 0.29) is 0 Å². The largest absolute Gasteiger partial charge is 0.278 e. The summed E-state index contributed by atoms with van der Waals surface area (Å²) in [7, 11) is 0. The molecule has 0 N–H and O–H groups in total. The molecule has 14 rings (SSSR count). The van der Waals surface area contributed by atoms with Crippen molar-refractivity contribution in [1.82, 2.24) is 14.5 Å². The highest BCUT2D eigenvalue weighted by Crippen LogP contribution is 2.51. The van der Waals surface area contributed by atoms with Crippen LogP contribution < -0.4 is 0 Å². The van der Waals surface area contributed by atoms with E-state index in [2.05, 4.69) is 205 Å². The first-order valence-electron chi connectivity index (χ1n) is 21.1. The predicted octanol–water partition coefficient (Wildman–Crippen LogP) is 16.0. The standard InChI is InChI=1S/C58H33N3S/c1-2-11-34(12-3-1)35-21-23-37(24-22-35)57-56-40-14-5-4-13-36(40)25-28-49(56)59-58(60-57)61-50-29-26-38(39-27-30-53-46(31-39)43-17-8-9-20-52(43)62-53)32-48(50)55-45-19-10-18-44-41-15-6-7-16-42(41)47(54(44)45)33-51(55)61/h1-33H. The van der Waals surface area contributed by atoms with Gasteiger partial charge in [-0.2, -0.15) is 0 Å². The van der Waals surface area contributed by atoms with Gasteiger partial charge in [-0.15, -0.1) is 11.3 Å². The molecule has 0 radical (unpaired) electrons. The van der Waals surface area contributed by atoms with Crippen LogP contribution in [0.25, 0.3) is 136 Å². The minimum absolute atomic E-state index is 0.655. The maximum absolute atomic E-state index is 5.65. The summed E-state index contributed by atoms with van der Waals surface area (Å²) in [5, 5.41) is 10.9. The minimum Gasteiger partial charge on any atom is -0.278 e. The van der Waals surface area contributed by atoms with Gasteiger partial charge in [0.05, 0.1) is 22.2 Å². The summed E-state index contributed by atoms with van der Waals surface area (Å²) in [5.74, 6) is 0.655. The van der Waals surface area contributed by atoms with Crippen molar-refractivity contribution in [1.29, 1.82) is 0 Å². The summed E-state index contributed by atoms with van der Waals surface area (Å²) in [4.78, 5) is 11.2. The number of thiophene rings is 1. The number of hydrogen-bond acceptors (Lipinski definition) is 3. The minimum atomic E-state index is 0.655. The zero-order chi connectivity index (χ0) is 40.5. The SMILES string of the molecule is c1ccc(-c2ccc(-c3nc(-n4c5ccc(-c6ccc7sc8ccccc8c7c6)cc5c5c6cccc7c6c(cc54)-c4ccccc4-7)nc4ccc5ccccc5c34)cc2)cc1. The third-order valence-electron chi connectivity index (χ3n) is 13.1. The lowest BCUT2D eigenvalue weighted by molar-refractivity contribution is 1.01. The van der Waals surface area contributed by atoms with Gasteiger partial charge in [0, 0.05) is 41.9 Å². The molecule has 286 valence electrons. The number of hydrogen-bond donors (Lipinski definition) is 0. The molecular formula is C58H33N3S. The van der Waals surface area contributed by atoms with Gasteiger partial charge in [-0.05, 0) is 109 Å². The summed E-state index contributed by atoms with van der Waals surface area (Å²) < 4.78 is 4.95. The second-order valence-corrected chi connectivity index (χ2v) is 17.5. The molecule has 0 spiro atoms. The average molecular weight is 804 g/mol. The third-order valence-corrected chi connectivity index (χ3v) is 14.3. The van der Waals surface area contributed by atoms with Crippen LogP contribution in [0, 0.1) is 0 Å². The lowest BCUT2D eigenvalue weighted by Gasteiger charge is -2.14. The van der Waals surface area contributed by atoms with Crippen LogP contribution >= 0.6 is 11.3 Å². The number of aromatic nitrogens is 3. The van der Waals surface area contributed by atoms with Crippen LogP contribution in [0.3, 0.4) is 0 Å². The van der Waals surface area contributed by atoms with Gasteiger partial charge in [0.2, 0.25) is 5.95 Å². The highest BCUT2D eigenvalue weighted by Gasteiger charge is 2.27. The molecule has 1 aliphatic carbocycles. The first-order valence-corrected chi connectivity index (χ1v) is 22.0. The summed E-state index contributed by atoms with van der Waals surface area (Å²) in [6, 6.07) is 73.1. The number of nitrogens with zero attached hydrogens (tertiary/aromatic N) is 3. The Morgan fingerprint density at radius 1 is 0.339 bits per heavy atom. The van der Waals surface area contributed by atoms with Gasteiger partial charge < -0.3 is 0 Å². The second-order valence-electron chi connectivity index (χ2n) is 16.5. The predicted molar refractivity (Wildman–Crippen MR) is 263 cm³/mol. The summed E-state index contributed by atoms with van der Waals surface area (Å²) >= 11 is 1.86. The molecule has 1 aliphatic rings. The molecule has 62 heavy (non-hydrogen) atoms.